The molecule has 0 aliphatic carbocycles. The number of amides is 2. The van der Waals surface area contributed by atoms with Crippen LogP contribution in [0.25, 0.3) is 5.69 Å². The van der Waals surface area contributed by atoms with Gasteiger partial charge in [-0.25, -0.2) is 18.0 Å². The molecule has 0 radical (unpaired) electrons. The number of rotatable bonds is 8. The zero-order valence-electron chi connectivity index (χ0n) is 26.4. The summed E-state index contributed by atoms with van der Waals surface area (Å²) >= 11 is 0. The summed E-state index contributed by atoms with van der Waals surface area (Å²) in [4.78, 5) is 29.4. The van der Waals surface area contributed by atoms with Gasteiger partial charge in [0.1, 0.15) is 17.7 Å². The van der Waals surface area contributed by atoms with E-state index in [-0.39, 0.29) is 12.1 Å². The number of halogens is 4. The Bertz CT molecular complexity index is 1800. The quantitative estimate of drug-likeness (QED) is 0.211. The van der Waals surface area contributed by atoms with Crippen molar-refractivity contribution >= 4 is 28.6 Å². The second-order valence-corrected chi connectivity index (χ2v) is 14.2. The maximum atomic E-state index is 14.4. The third-order valence-electron chi connectivity index (χ3n) is 7.89. The molecule has 0 bridgehead atoms. The molecule has 5 rings (SSSR count). The molecule has 2 unspecified atom stereocenters. The van der Waals surface area contributed by atoms with Crippen molar-refractivity contribution in [3.05, 3.63) is 113 Å². The van der Waals surface area contributed by atoms with Crippen LogP contribution in [0.2, 0.25) is 0 Å². The van der Waals surface area contributed by atoms with Crippen molar-refractivity contribution in [1.29, 1.82) is 0 Å². The number of nitrogens with zero attached hydrogens (tertiary/aromatic N) is 3. The second kappa shape index (κ2) is 13.0. The summed E-state index contributed by atoms with van der Waals surface area (Å²) in [7, 11) is -1.52. The van der Waals surface area contributed by atoms with Crippen LogP contribution in [0.3, 0.4) is 0 Å². The molecule has 47 heavy (non-hydrogen) atoms. The number of anilines is 1. The summed E-state index contributed by atoms with van der Waals surface area (Å²) in [6, 6.07) is 16.5. The first-order chi connectivity index (χ1) is 22.1. The van der Waals surface area contributed by atoms with Crippen molar-refractivity contribution in [3.63, 3.8) is 0 Å². The summed E-state index contributed by atoms with van der Waals surface area (Å²) in [5.74, 6) is -2.48. The van der Waals surface area contributed by atoms with Crippen LogP contribution in [0.15, 0.2) is 78.9 Å². The second-order valence-electron chi connectivity index (χ2n) is 12.2. The van der Waals surface area contributed by atoms with Crippen LogP contribution >= 0.6 is 0 Å². The molecule has 2 amide bonds. The number of hydrogen-bond donors (Lipinski definition) is 2. The van der Waals surface area contributed by atoms with E-state index in [1.165, 1.54) is 35.2 Å². The number of aromatic nitrogens is 2. The van der Waals surface area contributed by atoms with Crippen molar-refractivity contribution in [2.75, 3.05) is 11.4 Å². The van der Waals surface area contributed by atoms with Crippen molar-refractivity contribution in [1.82, 2.24) is 19.8 Å². The minimum absolute atomic E-state index is 0.158. The first-order valence-electron chi connectivity index (χ1n) is 15.0. The van der Waals surface area contributed by atoms with Gasteiger partial charge in [0.05, 0.1) is 38.7 Å². The maximum absolute atomic E-state index is 14.4. The number of benzene rings is 3. The lowest BCUT2D eigenvalue weighted by molar-refractivity contribution is -0.137. The fourth-order valence-electron chi connectivity index (χ4n) is 5.58. The number of carbonyl (C=O) groups is 2. The van der Waals surface area contributed by atoms with E-state index in [0.29, 0.717) is 28.3 Å². The molecule has 4 atom stereocenters. The van der Waals surface area contributed by atoms with E-state index in [2.05, 4.69) is 10.0 Å². The Morgan fingerprint density at radius 2 is 1.66 bits per heavy atom. The molecule has 248 valence electrons. The topological polar surface area (TPSA) is 96.3 Å². The van der Waals surface area contributed by atoms with Gasteiger partial charge in [-0.05, 0) is 82.6 Å². The van der Waals surface area contributed by atoms with Gasteiger partial charge in [-0.1, -0.05) is 36.4 Å². The van der Waals surface area contributed by atoms with Gasteiger partial charge in [0.2, 0.25) is 0 Å². The zero-order chi connectivity index (χ0) is 34.3. The average molecular weight is 670 g/mol. The molecule has 0 saturated carbocycles. The first-order valence-corrected chi connectivity index (χ1v) is 16.2. The molecule has 0 fully saturated rings. The van der Waals surface area contributed by atoms with E-state index in [9.17, 15) is 31.4 Å². The fourth-order valence-corrected chi connectivity index (χ4v) is 6.37. The minimum Gasteiger partial charge on any atom is -0.339 e. The van der Waals surface area contributed by atoms with Crippen molar-refractivity contribution < 1.29 is 31.4 Å². The lowest BCUT2D eigenvalue weighted by atomic mass is 9.80. The summed E-state index contributed by atoms with van der Waals surface area (Å²) in [6.07, 6.45) is -4.68. The van der Waals surface area contributed by atoms with Crippen molar-refractivity contribution in [2.24, 2.45) is 0 Å². The van der Waals surface area contributed by atoms with Gasteiger partial charge in [0, 0.05) is 23.6 Å². The number of para-hydroxylation sites is 1. The standard InChI is InChI=1S/C34H35F4N5O3S/c1-6-42-31-27(28(20(2)41-47(46)33(3,4)5)40-43(31)25-13-8-7-9-14-25)26(21-15-17-24(35)18-16-21)29(32(42)45)39-30(44)22-11-10-12-23(19-22)34(36,37)38/h7-20,26,29,41H,6H2,1-5H3,(H,39,44)/t20?,26-,29-,47?/m0/s1. The molecular weight excluding hydrogens is 634 g/mol. The summed E-state index contributed by atoms with van der Waals surface area (Å²) < 4.78 is 72.0. The molecule has 1 aromatic heterocycles. The number of fused-ring (bicyclic) bond motifs is 1. The van der Waals surface area contributed by atoms with Crippen LogP contribution in [-0.2, 0) is 22.0 Å². The Morgan fingerprint density at radius 3 is 2.26 bits per heavy atom. The first kappa shape index (κ1) is 34.0. The number of alkyl halides is 3. The average Bonchev–Trinajstić information content (AvgIpc) is 3.42. The van der Waals surface area contributed by atoms with Gasteiger partial charge in [0.25, 0.3) is 11.8 Å². The molecule has 3 aromatic carbocycles. The van der Waals surface area contributed by atoms with E-state index in [1.54, 1.807) is 18.5 Å². The fraction of sp³-hybridized carbons (Fsp3) is 0.324. The minimum atomic E-state index is -4.68. The van der Waals surface area contributed by atoms with Crippen LogP contribution < -0.4 is 14.9 Å². The van der Waals surface area contributed by atoms with E-state index in [4.69, 9.17) is 5.10 Å². The van der Waals surface area contributed by atoms with Gasteiger partial charge in [-0.15, -0.1) is 0 Å². The molecule has 2 heterocycles. The zero-order valence-corrected chi connectivity index (χ0v) is 27.2. The van der Waals surface area contributed by atoms with E-state index >= 15 is 0 Å². The molecular formula is C34H35F4N5O3S. The third-order valence-corrected chi connectivity index (χ3v) is 9.57. The molecule has 8 nitrogen and oxygen atoms in total. The molecule has 1 aliphatic heterocycles. The normalized spacial score (nSPS) is 18.1. The molecule has 1 aliphatic rings. The van der Waals surface area contributed by atoms with Gasteiger partial charge in [-0.2, -0.15) is 18.3 Å². The van der Waals surface area contributed by atoms with Gasteiger partial charge < -0.3 is 5.32 Å². The summed E-state index contributed by atoms with van der Waals surface area (Å²) in [5, 5.41) is 7.65. The summed E-state index contributed by atoms with van der Waals surface area (Å²) in [6.45, 7) is 9.15. The van der Waals surface area contributed by atoms with Gasteiger partial charge >= 0.3 is 6.18 Å². The van der Waals surface area contributed by atoms with Crippen LogP contribution in [-0.4, -0.2) is 43.1 Å². The van der Waals surface area contributed by atoms with Crippen molar-refractivity contribution in [3.8, 4) is 5.69 Å². The molecule has 0 spiro atoms. The highest BCUT2D eigenvalue weighted by Crippen LogP contribution is 2.45. The van der Waals surface area contributed by atoms with Crippen LogP contribution in [0.1, 0.15) is 79.3 Å². The highest BCUT2D eigenvalue weighted by Gasteiger charge is 2.47. The third kappa shape index (κ3) is 6.86. The highest BCUT2D eigenvalue weighted by atomic mass is 32.2. The summed E-state index contributed by atoms with van der Waals surface area (Å²) in [5.41, 5.74) is 0.752. The molecule has 0 saturated heterocycles. The van der Waals surface area contributed by atoms with Crippen LogP contribution in [0.5, 0.6) is 0 Å². The van der Waals surface area contributed by atoms with E-state index in [1.807, 2.05) is 51.1 Å². The van der Waals surface area contributed by atoms with Gasteiger partial charge in [0.15, 0.2) is 0 Å². The van der Waals surface area contributed by atoms with Crippen molar-refractivity contribution in [2.45, 2.75) is 63.5 Å². The Kier molecular flexibility index (Phi) is 9.43. The smallest absolute Gasteiger partial charge is 0.339 e. The van der Waals surface area contributed by atoms with Gasteiger partial charge in [-0.3, -0.25) is 14.5 Å². The predicted molar refractivity (Wildman–Crippen MR) is 172 cm³/mol. The molecule has 4 aromatic rings. The largest absolute Gasteiger partial charge is 0.416 e. The van der Waals surface area contributed by atoms with Crippen LogP contribution in [0, 0.1) is 5.82 Å². The Morgan fingerprint density at radius 1 is 1.00 bits per heavy atom. The van der Waals surface area contributed by atoms with E-state index in [0.717, 1.165) is 18.2 Å². The number of likely N-dealkylation sites (N-methyl/N-ethyl adjacent to an activating group) is 1. The number of nitrogens with one attached hydrogen (secondary N) is 2. The lowest BCUT2D eigenvalue weighted by Crippen LogP contribution is -2.55. The SMILES string of the molecule is CCN1C(=O)[C@@H](NC(=O)c2cccc(C(F)(F)F)c2)[C@@H](c2ccc(F)cc2)c2c(C(C)NS(=O)C(C)(C)C)nn(-c3ccccc3)c21. The Balaban J connectivity index is 1.73. The Labute approximate surface area is 272 Å². The van der Waals surface area contributed by atoms with E-state index < -0.39 is 63.1 Å². The maximum Gasteiger partial charge on any atom is 0.416 e. The number of carbonyl (C=O) groups excluding carboxylic acids is 2. The molecule has 2 N–H and O–H groups in total. The lowest BCUT2D eigenvalue weighted by Gasteiger charge is -2.39. The Hall–Kier alpha value is -4.36. The molecule has 13 heteroatoms. The monoisotopic (exact) mass is 669 g/mol. The van der Waals surface area contributed by atoms with Crippen LogP contribution in [0.4, 0.5) is 23.4 Å². The predicted octanol–water partition coefficient (Wildman–Crippen LogP) is 6.44. The number of hydrogen-bond acceptors (Lipinski definition) is 4. The highest BCUT2D eigenvalue weighted by molar-refractivity contribution is 7.84.